The number of carbonyl (C=O) groups excluding carboxylic acids is 4. The third kappa shape index (κ3) is 7.18. The third-order valence-electron chi connectivity index (χ3n) is 5.26. The Kier molecular flexibility index (Phi) is 9.11. The Morgan fingerprint density at radius 1 is 1.10 bits per heavy atom. The molecule has 4 amide bonds. The van der Waals surface area contributed by atoms with Crippen molar-refractivity contribution in [3.05, 3.63) is 0 Å². The predicted molar refractivity (Wildman–Crippen MR) is 113 cm³/mol. The van der Waals surface area contributed by atoms with Gasteiger partial charge in [0.05, 0.1) is 0 Å². The molecular formula is C21H38N4O5. The maximum Gasteiger partial charge on any atom is 0.408 e. The molecule has 4 N–H and O–H groups in total. The van der Waals surface area contributed by atoms with Crippen molar-refractivity contribution in [3.8, 4) is 0 Å². The topological polar surface area (TPSA) is 131 Å². The van der Waals surface area contributed by atoms with Gasteiger partial charge in [-0.2, -0.15) is 0 Å². The van der Waals surface area contributed by atoms with Gasteiger partial charge in [-0.15, -0.1) is 0 Å². The fourth-order valence-electron chi connectivity index (χ4n) is 3.41. The largest absolute Gasteiger partial charge is 0.444 e. The number of primary amides is 1. The number of hydrogen-bond acceptors (Lipinski definition) is 5. The molecule has 4 atom stereocenters. The number of amides is 4. The standard InChI is InChI=1S/C21H38N4O5/c1-8-13(4)16(17(22)26)23-18(27)14-10-9-11-25(14)19(28)15(12(2)3)24-20(29)30-21(5,6)7/h12-16H,8-11H2,1-7H3,(H2,22,26)(H,23,27)(H,24,29)/t13-,14-,15+,16+/m0/s1. The lowest BCUT2D eigenvalue weighted by atomic mass is 9.98. The average Bonchev–Trinajstić information content (AvgIpc) is 3.10. The Morgan fingerprint density at radius 2 is 1.70 bits per heavy atom. The summed E-state index contributed by atoms with van der Waals surface area (Å²) in [7, 11) is 0. The minimum atomic E-state index is -0.824. The van der Waals surface area contributed by atoms with Crippen LogP contribution in [0.3, 0.4) is 0 Å². The number of nitrogens with zero attached hydrogens (tertiary/aromatic N) is 1. The Bertz CT molecular complexity index is 644. The average molecular weight is 427 g/mol. The van der Waals surface area contributed by atoms with Gasteiger partial charge in [-0.25, -0.2) is 4.79 Å². The van der Waals surface area contributed by atoms with Crippen molar-refractivity contribution in [1.29, 1.82) is 0 Å². The lowest BCUT2D eigenvalue weighted by molar-refractivity contribution is -0.141. The highest BCUT2D eigenvalue weighted by Gasteiger charge is 2.40. The molecule has 9 heteroatoms. The smallest absolute Gasteiger partial charge is 0.408 e. The number of ether oxygens (including phenoxy) is 1. The minimum Gasteiger partial charge on any atom is -0.444 e. The number of carbonyl (C=O) groups is 4. The molecule has 0 aromatic carbocycles. The fraction of sp³-hybridized carbons (Fsp3) is 0.810. The van der Waals surface area contributed by atoms with Gasteiger partial charge in [-0.1, -0.05) is 34.1 Å². The van der Waals surface area contributed by atoms with Gasteiger partial charge in [0, 0.05) is 6.54 Å². The van der Waals surface area contributed by atoms with E-state index in [2.05, 4.69) is 10.6 Å². The van der Waals surface area contributed by atoms with Crippen LogP contribution in [0.2, 0.25) is 0 Å². The molecule has 0 aromatic heterocycles. The zero-order chi connectivity index (χ0) is 23.2. The normalized spacial score (nSPS) is 19.7. The highest BCUT2D eigenvalue weighted by Crippen LogP contribution is 2.21. The van der Waals surface area contributed by atoms with Crippen LogP contribution in [-0.2, 0) is 19.1 Å². The molecule has 172 valence electrons. The molecule has 1 aliphatic rings. The number of nitrogens with one attached hydrogen (secondary N) is 2. The summed E-state index contributed by atoms with van der Waals surface area (Å²) in [6.07, 6.45) is 1.14. The maximum atomic E-state index is 13.2. The molecule has 9 nitrogen and oxygen atoms in total. The van der Waals surface area contributed by atoms with Crippen LogP contribution in [0.5, 0.6) is 0 Å². The zero-order valence-electron chi connectivity index (χ0n) is 19.3. The third-order valence-corrected chi connectivity index (χ3v) is 5.26. The van der Waals surface area contributed by atoms with Crippen LogP contribution in [0.4, 0.5) is 4.79 Å². The Hall–Kier alpha value is -2.32. The summed E-state index contributed by atoms with van der Waals surface area (Å²) in [4.78, 5) is 51.5. The first kappa shape index (κ1) is 25.7. The molecule has 0 spiro atoms. The zero-order valence-corrected chi connectivity index (χ0v) is 19.3. The summed E-state index contributed by atoms with van der Waals surface area (Å²) < 4.78 is 5.27. The summed E-state index contributed by atoms with van der Waals surface area (Å²) in [6.45, 7) is 13.0. The van der Waals surface area contributed by atoms with Crippen molar-refractivity contribution < 1.29 is 23.9 Å². The summed E-state index contributed by atoms with van der Waals surface area (Å²) in [5.41, 5.74) is 4.76. The Labute approximate surface area is 179 Å². The molecule has 1 fully saturated rings. The molecule has 0 bridgehead atoms. The summed E-state index contributed by atoms with van der Waals surface area (Å²) in [6, 6.07) is -2.32. The van der Waals surface area contributed by atoms with E-state index in [0.29, 0.717) is 25.8 Å². The van der Waals surface area contributed by atoms with Gasteiger partial charge in [-0.05, 0) is 45.4 Å². The molecule has 0 unspecified atom stereocenters. The van der Waals surface area contributed by atoms with E-state index in [1.807, 2.05) is 27.7 Å². The molecule has 1 saturated heterocycles. The monoisotopic (exact) mass is 426 g/mol. The SMILES string of the molecule is CC[C@H](C)[C@@H](NC(=O)[C@@H]1CCCN1C(=O)[C@H](NC(=O)OC(C)(C)C)C(C)C)C(N)=O. The van der Waals surface area contributed by atoms with Crippen molar-refractivity contribution in [2.75, 3.05) is 6.54 Å². The van der Waals surface area contributed by atoms with Crippen molar-refractivity contribution in [3.63, 3.8) is 0 Å². The van der Waals surface area contributed by atoms with Crippen LogP contribution in [0.1, 0.15) is 67.7 Å². The van der Waals surface area contributed by atoms with E-state index in [1.165, 1.54) is 4.90 Å². The second kappa shape index (κ2) is 10.6. The Balaban J connectivity index is 2.93. The van der Waals surface area contributed by atoms with Crippen molar-refractivity contribution >= 4 is 23.8 Å². The van der Waals surface area contributed by atoms with Crippen LogP contribution >= 0.6 is 0 Å². The van der Waals surface area contributed by atoms with E-state index in [1.54, 1.807) is 20.8 Å². The van der Waals surface area contributed by atoms with E-state index in [-0.39, 0.29) is 17.7 Å². The molecule has 1 rings (SSSR count). The van der Waals surface area contributed by atoms with Crippen molar-refractivity contribution in [2.24, 2.45) is 17.6 Å². The fourth-order valence-corrected chi connectivity index (χ4v) is 3.41. The molecule has 1 heterocycles. The number of rotatable bonds is 8. The van der Waals surface area contributed by atoms with Gasteiger partial charge in [0.15, 0.2) is 0 Å². The first-order chi connectivity index (χ1) is 13.8. The maximum absolute atomic E-state index is 13.2. The van der Waals surface area contributed by atoms with E-state index in [4.69, 9.17) is 10.5 Å². The van der Waals surface area contributed by atoms with Gasteiger partial charge in [0.1, 0.15) is 23.7 Å². The quantitative estimate of drug-likeness (QED) is 0.542. The van der Waals surface area contributed by atoms with Crippen LogP contribution < -0.4 is 16.4 Å². The first-order valence-corrected chi connectivity index (χ1v) is 10.7. The molecule has 0 aliphatic carbocycles. The molecule has 0 radical (unpaired) electrons. The summed E-state index contributed by atoms with van der Waals surface area (Å²) in [5, 5.41) is 5.35. The second-order valence-corrected chi connectivity index (χ2v) is 9.33. The van der Waals surface area contributed by atoms with E-state index < -0.39 is 41.6 Å². The molecular weight excluding hydrogens is 388 g/mol. The molecule has 30 heavy (non-hydrogen) atoms. The lowest BCUT2D eigenvalue weighted by Gasteiger charge is -2.32. The van der Waals surface area contributed by atoms with E-state index in [9.17, 15) is 19.2 Å². The van der Waals surface area contributed by atoms with Crippen LogP contribution in [-0.4, -0.2) is 59.0 Å². The summed E-state index contributed by atoms with van der Waals surface area (Å²) >= 11 is 0. The van der Waals surface area contributed by atoms with E-state index >= 15 is 0 Å². The summed E-state index contributed by atoms with van der Waals surface area (Å²) in [5.74, 6) is -1.65. The van der Waals surface area contributed by atoms with Gasteiger partial charge in [0.25, 0.3) is 0 Å². The molecule has 0 aromatic rings. The Morgan fingerprint density at radius 3 is 2.17 bits per heavy atom. The number of likely N-dealkylation sites (tertiary alicyclic amines) is 1. The van der Waals surface area contributed by atoms with Crippen LogP contribution in [0, 0.1) is 11.8 Å². The van der Waals surface area contributed by atoms with Gasteiger partial charge < -0.3 is 26.0 Å². The molecule has 0 saturated carbocycles. The number of alkyl carbamates (subject to hydrolysis) is 1. The van der Waals surface area contributed by atoms with Crippen LogP contribution in [0.25, 0.3) is 0 Å². The van der Waals surface area contributed by atoms with E-state index in [0.717, 1.165) is 0 Å². The lowest BCUT2D eigenvalue weighted by Crippen LogP contribution is -2.58. The molecule has 1 aliphatic heterocycles. The minimum absolute atomic E-state index is 0.116. The number of nitrogens with two attached hydrogens (primary N) is 1. The highest BCUT2D eigenvalue weighted by molar-refractivity contribution is 5.94. The van der Waals surface area contributed by atoms with Crippen LogP contribution in [0.15, 0.2) is 0 Å². The number of hydrogen-bond donors (Lipinski definition) is 3. The van der Waals surface area contributed by atoms with Gasteiger partial charge in [0.2, 0.25) is 17.7 Å². The highest BCUT2D eigenvalue weighted by atomic mass is 16.6. The van der Waals surface area contributed by atoms with Gasteiger partial charge in [-0.3, -0.25) is 14.4 Å². The predicted octanol–water partition coefficient (Wildman–Crippen LogP) is 1.54. The van der Waals surface area contributed by atoms with Gasteiger partial charge >= 0.3 is 6.09 Å². The second-order valence-electron chi connectivity index (χ2n) is 9.33. The first-order valence-electron chi connectivity index (χ1n) is 10.7. The van der Waals surface area contributed by atoms with Crippen molar-refractivity contribution in [2.45, 2.75) is 91.5 Å². The van der Waals surface area contributed by atoms with Crippen molar-refractivity contribution in [1.82, 2.24) is 15.5 Å².